The maximum absolute atomic E-state index is 12.2. The van der Waals surface area contributed by atoms with Crippen molar-refractivity contribution >= 4 is 10.0 Å². The lowest BCUT2D eigenvalue weighted by atomic mass is 10.1. The molecule has 0 aromatic heterocycles. The van der Waals surface area contributed by atoms with Gasteiger partial charge in [-0.05, 0) is 42.5 Å². The summed E-state index contributed by atoms with van der Waals surface area (Å²) < 4.78 is 27.1. The largest absolute Gasteiger partial charge is 0.326 e. The first kappa shape index (κ1) is 13.5. The van der Waals surface area contributed by atoms with Gasteiger partial charge in [0, 0.05) is 12.6 Å². The molecule has 5 heteroatoms. The van der Waals surface area contributed by atoms with Gasteiger partial charge in [-0.25, -0.2) is 13.1 Å². The molecule has 0 aliphatic heterocycles. The average Bonchev–Trinajstić information content (AvgIpc) is 3.06. The molecule has 1 fully saturated rings. The van der Waals surface area contributed by atoms with E-state index >= 15 is 0 Å². The van der Waals surface area contributed by atoms with Crippen LogP contribution in [0, 0.1) is 12.8 Å². The van der Waals surface area contributed by atoms with Crippen LogP contribution in [0.1, 0.15) is 30.9 Å². The fourth-order valence-electron chi connectivity index (χ4n) is 2.17. The minimum absolute atomic E-state index is 0.120. The van der Waals surface area contributed by atoms with Crippen molar-refractivity contribution in [2.45, 2.75) is 44.2 Å². The summed E-state index contributed by atoms with van der Waals surface area (Å²) in [5.74, 6) is 0.504. The molecule has 0 bridgehead atoms. The number of nitrogens with one attached hydrogen (secondary N) is 1. The minimum atomic E-state index is -3.38. The summed E-state index contributed by atoms with van der Waals surface area (Å²) in [7, 11) is -3.38. The van der Waals surface area contributed by atoms with E-state index in [9.17, 15) is 8.42 Å². The van der Waals surface area contributed by atoms with E-state index in [1.54, 1.807) is 18.2 Å². The van der Waals surface area contributed by atoms with Gasteiger partial charge in [0.05, 0.1) is 4.90 Å². The lowest BCUT2D eigenvalue weighted by Crippen LogP contribution is -2.27. The van der Waals surface area contributed by atoms with Crippen molar-refractivity contribution in [1.29, 1.82) is 0 Å². The van der Waals surface area contributed by atoms with Gasteiger partial charge in [0.2, 0.25) is 10.0 Å². The second-order valence-corrected chi connectivity index (χ2v) is 6.64. The summed E-state index contributed by atoms with van der Waals surface area (Å²) in [5, 5.41) is 0. The van der Waals surface area contributed by atoms with Crippen molar-refractivity contribution in [2.75, 3.05) is 0 Å². The maximum Gasteiger partial charge on any atom is 0.240 e. The molecule has 0 saturated heterocycles. The summed E-state index contributed by atoms with van der Waals surface area (Å²) >= 11 is 0. The summed E-state index contributed by atoms with van der Waals surface area (Å²) in [4.78, 5) is 0.332. The fraction of sp³-hybridized carbons (Fsp3) is 0.538. The predicted octanol–water partition coefficient (Wildman–Crippen LogP) is 1.53. The highest BCUT2D eigenvalue weighted by Gasteiger charge is 2.38. The Morgan fingerprint density at radius 3 is 2.67 bits per heavy atom. The van der Waals surface area contributed by atoms with Crippen molar-refractivity contribution in [3.05, 3.63) is 29.3 Å². The molecule has 1 saturated carbocycles. The summed E-state index contributed by atoms with van der Waals surface area (Å²) in [5.41, 5.74) is 7.47. The number of nitrogens with two attached hydrogens (primary N) is 1. The van der Waals surface area contributed by atoms with E-state index in [2.05, 4.69) is 11.6 Å². The van der Waals surface area contributed by atoms with Gasteiger partial charge in [-0.3, -0.25) is 0 Å². The van der Waals surface area contributed by atoms with Crippen LogP contribution in [0.15, 0.2) is 23.1 Å². The Morgan fingerprint density at radius 1 is 1.44 bits per heavy atom. The molecule has 0 amide bonds. The smallest absolute Gasteiger partial charge is 0.240 e. The van der Waals surface area contributed by atoms with E-state index in [1.165, 1.54) is 0 Å². The first-order valence-corrected chi connectivity index (χ1v) is 7.78. The molecular formula is C13H20N2O2S. The Labute approximate surface area is 109 Å². The number of rotatable bonds is 5. The van der Waals surface area contributed by atoms with E-state index < -0.39 is 10.0 Å². The summed E-state index contributed by atoms with van der Waals surface area (Å²) in [6, 6.07) is 5.22. The third-order valence-corrected chi connectivity index (χ3v) is 5.09. The topological polar surface area (TPSA) is 72.2 Å². The van der Waals surface area contributed by atoms with Crippen LogP contribution in [-0.2, 0) is 16.6 Å². The van der Waals surface area contributed by atoms with Gasteiger partial charge in [-0.1, -0.05) is 19.4 Å². The highest BCUT2D eigenvalue weighted by atomic mass is 32.2. The molecule has 2 atom stereocenters. The molecule has 1 aliphatic rings. The Balaban J connectivity index is 2.17. The molecule has 2 rings (SSSR count). The molecule has 4 nitrogen and oxygen atoms in total. The zero-order valence-electron chi connectivity index (χ0n) is 10.8. The SMILES string of the molecule is CCC1CC1NS(=O)(=O)c1ccc(CN)c(C)c1. The number of hydrogen-bond donors (Lipinski definition) is 2. The Kier molecular flexibility index (Phi) is 3.75. The number of sulfonamides is 1. The Morgan fingerprint density at radius 2 is 2.17 bits per heavy atom. The van der Waals surface area contributed by atoms with Crippen LogP contribution in [0.5, 0.6) is 0 Å². The second kappa shape index (κ2) is 4.99. The molecule has 3 N–H and O–H groups in total. The summed E-state index contributed by atoms with van der Waals surface area (Å²) in [6.45, 7) is 4.40. The lowest BCUT2D eigenvalue weighted by Gasteiger charge is -2.09. The van der Waals surface area contributed by atoms with Crippen LogP contribution < -0.4 is 10.5 Å². The van der Waals surface area contributed by atoms with Crippen LogP contribution >= 0.6 is 0 Å². The van der Waals surface area contributed by atoms with Crippen molar-refractivity contribution in [3.63, 3.8) is 0 Å². The fourth-order valence-corrected chi connectivity index (χ4v) is 3.58. The molecule has 1 aliphatic carbocycles. The monoisotopic (exact) mass is 268 g/mol. The third-order valence-electron chi connectivity index (χ3n) is 3.60. The number of hydrogen-bond acceptors (Lipinski definition) is 3. The van der Waals surface area contributed by atoms with Gasteiger partial charge < -0.3 is 5.73 Å². The van der Waals surface area contributed by atoms with E-state index in [0.29, 0.717) is 17.4 Å². The van der Waals surface area contributed by atoms with Gasteiger partial charge in [-0.2, -0.15) is 0 Å². The zero-order chi connectivity index (χ0) is 13.3. The molecule has 0 heterocycles. The molecule has 0 spiro atoms. The van der Waals surface area contributed by atoms with Crippen LogP contribution in [0.3, 0.4) is 0 Å². The molecule has 2 unspecified atom stereocenters. The van der Waals surface area contributed by atoms with Crippen molar-refractivity contribution in [2.24, 2.45) is 11.7 Å². The van der Waals surface area contributed by atoms with E-state index in [-0.39, 0.29) is 6.04 Å². The highest BCUT2D eigenvalue weighted by Crippen LogP contribution is 2.34. The van der Waals surface area contributed by atoms with Crippen LogP contribution in [0.2, 0.25) is 0 Å². The van der Waals surface area contributed by atoms with Crippen molar-refractivity contribution in [1.82, 2.24) is 4.72 Å². The quantitative estimate of drug-likeness (QED) is 0.850. The average molecular weight is 268 g/mol. The molecule has 0 radical (unpaired) electrons. The van der Waals surface area contributed by atoms with Crippen LogP contribution in [-0.4, -0.2) is 14.5 Å². The molecule has 100 valence electrons. The van der Waals surface area contributed by atoms with Crippen LogP contribution in [0.4, 0.5) is 0 Å². The van der Waals surface area contributed by atoms with Gasteiger partial charge in [0.1, 0.15) is 0 Å². The van der Waals surface area contributed by atoms with Gasteiger partial charge in [0.15, 0.2) is 0 Å². The summed E-state index contributed by atoms with van der Waals surface area (Å²) in [6.07, 6.45) is 1.98. The van der Waals surface area contributed by atoms with Crippen molar-refractivity contribution in [3.8, 4) is 0 Å². The molecule has 1 aromatic rings. The molecule has 18 heavy (non-hydrogen) atoms. The van der Waals surface area contributed by atoms with E-state index in [0.717, 1.165) is 24.0 Å². The second-order valence-electron chi connectivity index (χ2n) is 4.92. The van der Waals surface area contributed by atoms with Gasteiger partial charge in [-0.15, -0.1) is 0 Å². The zero-order valence-corrected chi connectivity index (χ0v) is 11.6. The first-order valence-electron chi connectivity index (χ1n) is 6.30. The van der Waals surface area contributed by atoms with E-state index in [1.807, 2.05) is 6.92 Å². The number of benzene rings is 1. The van der Waals surface area contributed by atoms with Crippen molar-refractivity contribution < 1.29 is 8.42 Å². The third kappa shape index (κ3) is 2.74. The standard InChI is InChI=1S/C13H20N2O2S/c1-3-10-7-13(10)15-18(16,17)12-5-4-11(8-14)9(2)6-12/h4-6,10,13,15H,3,7-8,14H2,1-2H3. The van der Waals surface area contributed by atoms with Gasteiger partial charge >= 0.3 is 0 Å². The Bertz CT molecular complexity index is 540. The van der Waals surface area contributed by atoms with E-state index in [4.69, 9.17) is 5.73 Å². The Hall–Kier alpha value is -0.910. The van der Waals surface area contributed by atoms with Crippen LogP contribution in [0.25, 0.3) is 0 Å². The number of aryl methyl sites for hydroxylation is 1. The van der Waals surface area contributed by atoms with Gasteiger partial charge in [0.25, 0.3) is 0 Å². The highest BCUT2D eigenvalue weighted by molar-refractivity contribution is 7.89. The molecule has 1 aromatic carbocycles. The lowest BCUT2D eigenvalue weighted by molar-refractivity contribution is 0.576. The minimum Gasteiger partial charge on any atom is -0.326 e. The predicted molar refractivity (Wildman–Crippen MR) is 71.6 cm³/mol. The maximum atomic E-state index is 12.2. The first-order chi connectivity index (χ1) is 8.47. The molecular weight excluding hydrogens is 248 g/mol. The normalized spacial score (nSPS) is 23.1.